The molecule has 2 unspecified atom stereocenters. The Labute approximate surface area is 203 Å². The third kappa shape index (κ3) is 7.09. The molecule has 0 saturated carbocycles. The van der Waals surface area contributed by atoms with Gasteiger partial charge in [0, 0.05) is 31.2 Å². The van der Waals surface area contributed by atoms with Crippen molar-refractivity contribution in [2.24, 2.45) is 16.5 Å². The molecule has 2 amide bonds. The Morgan fingerprint density at radius 2 is 2.03 bits per heavy atom. The minimum absolute atomic E-state index is 0.0227. The number of hydrogen-bond acceptors (Lipinski definition) is 7. The van der Waals surface area contributed by atoms with Gasteiger partial charge in [-0.25, -0.2) is 4.98 Å². The second kappa shape index (κ2) is 12.2. The number of amides is 2. The summed E-state index contributed by atoms with van der Waals surface area (Å²) in [6.45, 7) is 1.35. The first-order valence-electron chi connectivity index (χ1n) is 11.2. The van der Waals surface area contributed by atoms with Crippen LogP contribution in [0, 0.1) is 0 Å². The maximum absolute atomic E-state index is 13.1. The van der Waals surface area contributed by atoms with E-state index in [0.717, 1.165) is 5.56 Å². The second-order valence-corrected chi connectivity index (χ2v) is 9.11. The molecule has 1 saturated heterocycles. The number of ketones is 1. The van der Waals surface area contributed by atoms with Crippen LogP contribution in [0.1, 0.15) is 28.2 Å². The van der Waals surface area contributed by atoms with Gasteiger partial charge in [-0.1, -0.05) is 30.3 Å². The van der Waals surface area contributed by atoms with Crippen molar-refractivity contribution in [2.75, 3.05) is 33.2 Å². The molecule has 3 rings (SSSR count). The van der Waals surface area contributed by atoms with E-state index in [9.17, 15) is 14.4 Å². The summed E-state index contributed by atoms with van der Waals surface area (Å²) in [6.07, 6.45) is 2.98. The van der Waals surface area contributed by atoms with E-state index in [0.29, 0.717) is 43.9 Å². The number of guanidine groups is 1. The molecule has 1 aromatic heterocycles. The van der Waals surface area contributed by atoms with Crippen LogP contribution in [0.5, 0.6) is 0 Å². The van der Waals surface area contributed by atoms with Gasteiger partial charge in [0.1, 0.15) is 0 Å². The lowest BCUT2D eigenvalue weighted by Crippen LogP contribution is -2.58. The standard InChI is InChI=1S/C23H31N7O3S/c1-29-11-12-30(22(33)18(29)14-16-6-3-2-4-7-16)15-19(31)28-17(8-5-9-27-23(24)25)20(32)21-26-10-13-34-21/h2-4,6-7,10,13,17-18H,5,8-9,11-12,14-15H2,1H3,(H,28,31)(H4,24,25,27). The number of thiazole rings is 1. The molecule has 0 radical (unpaired) electrons. The molecule has 10 nitrogen and oxygen atoms in total. The SMILES string of the molecule is CN1CCN(CC(=O)NC(CCCN=C(N)N)C(=O)c2nccs2)C(=O)C1Cc1ccccc1. The highest BCUT2D eigenvalue weighted by Gasteiger charge is 2.34. The number of piperazine rings is 1. The number of aromatic nitrogens is 1. The number of nitrogens with one attached hydrogen (secondary N) is 1. The zero-order valence-electron chi connectivity index (χ0n) is 19.2. The van der Waals surface area contributed by atoms with Gasteiger partial charge >= 0.3 is 0 Å². The topological polar surface area (TPSA) is 147 Å². The van der Waals surface area contributed by atoms with Crippen LogP contribution in [0.4, 0.5) is 0 Å². The lowest BCUT2D eigenvalue weighted by Gasteiger charge is -2.38. The van der Waals surface area contributed by atoms with Gasteiger partial charge in [0.05, 0.1) is 18.6 Å². The van der Waals surface area contributed by atoms with Crippen LogP contribution in [-0.2, 0) is 16.0 Å². The summed E-state index contributed by atoms with van der Waals surface area (Å²) in [7, 11) is 1.92. The number of nitrogens with zero attached hydrogens (tertiary/aromatic N) is 4. The Hall–Kier alpha value is -3.31. The highest BCUT2D eigenvalue weighted by atomic mass is 32.1. The summed E-state index contributed by atoms with van der Waals surface area (Å²) in [4.78, 5) is 50.5. The van der Waals surface area contributed by atoms with Gasteiger partial charge in [-0.15, -0.1) is 11.3 Å². The quantitative estimate of drug-likeness (QED) is 0.179. The number of carbonyl (C=O) groups excluding carboxylic acids is 3. The van der Waals surface area contributed by atoms with Crippen molar-refractivity contribution in [2.45, 2.75) is 31.3 Å². The van der Waals surface area contributed by atoms with Crippen LogP contribution in [0.25, 0.3) is 0 Å². The fourth-order valence-electron chi connectivity index (χ4n) is 3.86. The smallest absolute Gasteiger partial charge is 0.240 e. The summed E-state index contributed by atoms with van der Waals surface area (Å²) in [5.74, 6) is -0.762. The Morgan fingerprint density at radius 1 is 1.26 bits per heavy atom. The van der Waals surface area contributed by atoms with Crippen molar-refractivity contribution in [1.82, 2.24) is 20.1 Å². The van der Waals surface area contributed by atoms with E-state index in [-0.39, 0.29) is 36.1 Å². The average Bonchev–Trinajstić information content (AvgIpc) is 3.35. The molecule has 0 bridgehead atoms. The first-order chi connectivity index (χ1) is 16.3. The Balaban J connectivity index is 1.62. The normalized spacial score (nSPS) is 17.3. The molecule has 1 aliphatic rings. The number of likely N-dealkylation sites (N-methyl/N-ethyl adjacent to an activating group) is 1. The molecule has 34 heavy (non-hydrogen) atoms. The van der Waals surface area contributed by atoms with Crippen molar-refractivity contribution in [1.29, 1.82) is 0 Å². The Kier molecular flexibility index (Phi) is 9.11. The Morgan fingerprint density at radius 3 is 2.71 bits per heavy atom. The summed E-state index contributed by atoms with van der Waals surface area (Å²) in [5, 5.41) is 4.83. The van der Waals surface area contributed by atoms with Gasteiger partial charge in [-0.2, -0.15) is 0 Å². The van der Waals surface area contributed by atoms with Crippen molar-refractivity contribution in [3.05, 3.63) is 52.5 Å². The van der Waals surface area contributed by atoms with Crippen molar-refractivity contribution in [3.8, 4) is 0 Å². The molecule has 0 aliphatic carbocycles. The zero-order chi connectivity index (χ0) is 24.5. The minimum Gasteiger partial charge on any atom is -0.370 e. The summed E-state index contributed by atoms with van der Waals surface area (Å²) >= 11 is 1.22. The van der Waals surface area contributed by atoms with Gasteiger partial charge < -0.3 is 21.7 Å². The summed E-state index contributed by atoms with van der Waals surface area (Å²) in [5.41, 5.74) is 11.8. The van der Waals surface area contributed by atoms with Crippen LogP contribution < -0.4 is 16.8 Å². The van der Waals surface area contributed by atoms with Crippen LogP contribution in [0.15, 0.2) is 46.9 Å². The summed E-state index contributed by atoms with van der Waals surface area (Å²) < 4.78 is 0. The fourth-order valence-corrected chi connectivity index (χ4v) is 4.49. The average molecular weight is 486 g/mol. The molecule has 182 valence electrons. The molecule has 1 aromatic carbocycles. The molecule has 2 aromatic rings. The number of Topliss-reactive ketones (excluding diaryl/α,β-unsaturated/α-hetero) is 1. The Bertz CT molecular complexity index is 993. The number of benzene rings is 1. The van der Waals surface area contributed by atoms with Crippen LogP contribution in [0.3, 0.4) is 0 Å². The molecule has 5 N–H and O–H groups in total. The first-order valence-corrected chi connectivity index (χ1v) is 12.0. The highest BCUT2D eigenvalue weighted by Crippen LogP contribution is 2.16. The van der Waals surface area contributed by atoms with E-state index >= 15 is 0 Å². The van der Waals surface area contributed by atoms with Gasteiger partial charge in [-0.3, -0.25) is 24.3 Å². The van der Waals surface area contributed by atoms with Crippen LogP contribution >= 0.6 is 11.3 Å². The molecule has 2 atom stereocenters. The van der Waals surface area contributed by atoms with E-state index < -0.39 is 6.04 Å². The predicted octanol–water partition coefficient (Wildman–Crippen LogP) is 0.250. The van der Waals surface area contributed by atoms with Gasteiger partial charge in [-0.05, 0) is 31.9 Å². The maximum atomic E-state index is 13.1. The van der Waals surface area contributed by atoms with Crippen molar-refractivity contribution < 1.29 is 14.4 Å². The third-order valence-corrected chi connectivity index (χ3v) is 6.49. The third-order valence-electron chi connectivity index (χ3n) is 5.70. The number of nitrogens with two attached hydrogens (primary N) is 2. The lowest BCUT2D eigenvalue weighted by molar-refractivity contribution is -0.144. The van der Waals surface area contributed by atoms with E-state index in [2.05, 4.69) is 15.3 Å². The van der Waals surface area contributed by atoms with Crippen LogP contribution in [0.2, 0.25) is 0 Å². The summed E-state index contributed by atoms with van der Waals surface area (Å²) in [6, 6.07) is 8.70. The largest absolute Gasteiger partial charge is 0.370 e. The van der Waals surface area contributed by atoms with Crippen molar-refractivity contribution in [3.63, 3.8) is 0 Å². The first kappa shape index (κ1) is 25.3. The van der Waals surface area contributed by atoms with Gasteiger partial charge in [0.2, 0.25) is 17.6 Å². The van der Waals surface area contributed by atoms with Crippen LogP contribution in [-0.4, -0.2) is 83.7 Å². The fraction of sp³-hybridized carbons (Fsp3) is 0.435. The molecule has 2 heterocycles. The molecule has 11 heteroatoms. The van der Waals surface area contributed by atoms with Crippen molar-refractivity contribution >= 4 is 34.9 Å². The monoisotopic (exact) mass is 485 g/mol. The zero-order valence-corrected chi connectivity index (χ0v) is 20.0. The molecular formula is C23H31N7O3S. The molecule has 1 aliphatic heterocycles. The predicted molar refractivity (Wildman–Crippen MR) is 131 cm³/mol. The van der Waals surface area contributed by atoms with Gasteiger partial charge in [0.25, 0.3) is 0 Å². The lowest BCUT2D eigenvalue weighted by atomic mass is 10.0. The minimum atomic E-state index is -0.768. The van der Waals surface area contributed by atoms with E-state index in [1.807, 2.05) is 42.3 Å². The number of hydrogen-bond donors (Lipinski definition) is 3. The van der Waals surface area contributed by atoms with E-state index in [1.165, 1.54) is 11.3 Å². The van der Waals surface area contributed by atoms with E-state index in [4.69, 9.17) is 11.5 Å². The number of carbonyl (C=O) groups is 3. The molecule has 1 fully saturated rings. The molecular weight excluding hydrogens is 454 g/mol. The highest BCUT2D eigenvalue weighted by molar-refractivity contribution is 7.11. The number of rotatable bonds is 11. The van der Waals surface area contributed by atoms with E-state index in [1.54, 1.807) is 16.5 Å². The second-order valence-electron chi connectivity index (χ2n) is 8.22. The maximum Gasteiger partial charge on any atom is 0.240 e. The van der Waals surface area contributed by atoms with Gasteiger partial charge in [0.15, 0.2) is 11.0 Å². The number of aliphatic imine (C=N–C) groups is 1. The molecule has 0 spiro atoms.